The highest BCUT2D eigenvalue weighted by Crippen LogP contribution is 2.14. The van der Waals surface area contributed by atoms with Crippen LogP contribution in [0.1, 0.15) is 39.7 Å². The van der Waals surface area contributed by atoms with E-state index in [0.717, 1.165) is 18.7 Å². The summed E-state index contributed by atoms with van der Waals surface area (Å²) in [6, 6.07) is 8.30. The monoisotopic (exact) mass is 278 g/mol. The van der Waals surface area contributed by atoms with Gasteiger partial charge < -0.3 is 15.4 Å². The fourth-order valence-electron chi connectivity index (χ4n) is 1.66. The Balaban J connectivity index is 2.46. The van der Waals surface area contributed by atoms with Crippen LogP contribution >= 0.6 is 0 Å². The molecule has 0 saturated carbocycles. The average molecular weight is 278 g/mol. The normalized spacial score (nSPS) is 12.2. The van der Waals surface area contributed by atoms with Gasteiger partial charge in [0.1, 0.15) is 5.75 Å². The van der Waals surface area contributed by atoms with Crippen LogP contribution in [0.25, 0.3) is 0 Å². The lowest BCUT2D eigenvalue weighted by atomic mass is 10.2. The smallest absolute Gasteiger partial charge is 0.260 e. The van der Waals surface area contributed by atoms with Gasteiger partial charge in [0.25, 0.3) is 5.91 Å². The summed E-state index contributed by atoms with van der Waals surface area (Å²) in [6.07, 6.45) is 0.455. The molecular weight excluding hydrogens is 252 g/mol. The SMILES string of the molecule is CCCNC(=O)C(C)Oc1ccc(CNC(C)C)cc1. The number of hydrogen-bond acceptors (Lipinski definition) is 3. The van der Waals surface area contributed by atoms with Crippen LogP contribution in [0.4, 0.5) is 0 Å². The zero-order valence-corrected chi connectivity index (χ0v) is 12.9. The first-order valence-electron chi connectivity index (χ1n) is 7.29. The Morgan fingerprint density at radius 1 is 1.20 bits per heavy atom. The molecule has 0 spiro atoms. The third-order valence-electron chi connectivity index (χ3n) is 2.87. The van der Waals surface area contributed by atoms with Crippen molar-refractivity contribution in [3.8, 4) is 5.75 Å². The molecule has 112 valence electrons. The lowest BCUT2D eigenvalue weighted by Crippen LogP contribution is -2.36. The van der Waals surface area contributed by atoms with Crippen LogP contribution in [0.2, 0.25) is 0 Å². The molecular formula is C16H26N2O2. The van der Waals surface area contributed by atoms with E-state index in [4.69, 9.17) is 4.74 Å². The second-order valence-corrected chi connectivity index (χ2v) is 5.23. The number of benzene rings is 1. The van der Waals surface area contributed by atoms with Gasteiger partial charge in [-0.25, -0.2) is 0 Å². The molecule has 1 aromatic rings. The van der Waals surface area contributed by atoms with E-state index in [2.05, 4.69) is 24.5 Å². The molecule has 0 aromatic heterocycles. The topological polar surface area (TPSA) is 50.4 Å². The van der Waals surface area contributed by atoms with E-state index in [9.17, 15) is 4.79 Å². The number of nitrogens with one attached hydrogen (secondary N) is 2. The van der Waals surface area contributed by atoms with Crippen molar-refractivity contribution in [2.75, 3.05) is 6.54 Å². The van der Waals surface area contributed by atoms with Crippen LogP contribution in [0, 0.1) is 0 Å². The Bertz CT molecular complexity index is 401. The number of carbonyl (C=O) groups is 1. The van der Waals surface area contributed by atoms with Gasteiger partial charge in [0.05, 0.1) is 0 Å². The quantitative estimate of drug-likeness (QED) is 0.768. The molecule has 0 aliphatic rings. The molecule has 1 rings (SSSR count). The predicted molar refractivity (Wildman–Crippen MR) is 81.8 cm³/mol. The lowest BCUT2D eigenvalue weighted by Gasteiger charge is -2.15. The Labute approximate surface area is 121 Å². The van der Waals surface area contributed by atoms with E-state index in [-0.39, 0.29) is 5.91 Å². The third kappa shape index (κ3) is 6.06. The number of carbonyl (C=O) groups excluding carboxylic acids is 1. The van der Waals surface area contributed by atoms with Crippen molar-refractivity contribution in [3.63, 3.8) is 0 Å². The van der Waals surface area contributed by atoms with Gasteiger partial charge in [-0.3, -0.25) is 4.79 Å². The Morgan fingerprint density at radius 2 is 1.85 bits per heavy atom. The molecule has 1 amide bonds. The van der Waals surface area contributed by atoms with E-state index in [1.807, 2.05) is 31.2 Å². The van der Waals surface area contributed by atoms with Gasteiger partial charge in [-0.2, -0.15) is 0 Å². The first-order chi connectivity index (χ1) is 9.52. The molecule has 0 aliphatic heterocycles. The molecule has 1 aromatic carbocycles. The summed E-state index contributed by atoms with van der Waals surface area (Å²) in [7, 11) is 0. The highest BCUT2D eigenvalue weighted by Gasteiger charge is 2.13. The van der Waals surface area contributed by atoms with Gasteiger partial charge in [0.15, 0.2) is 6.10 Å². The summed E-state index contributed by atoms with van der Waals surface area (Å²) < 4.78 is 5.62. The van der Waals surface area contributed by atoms with Gasteiger partial charge in [0, 0.05) is 19.1 Å². The summed E-state index contributed by atoms with van der Waals surface area (Å²) in [5.74, 6) is 0.648. The van der Waals surface area contributed by atoms with Gasteiger partial charge in [0.2, 0.25) is 0 Å². The van der Waals surface area contributed by atoms with Crippen LogP contribution < -0.4 is 15.4 Å². The minimum Gasteiger partial charge on any atom is -0.481 e. The van der Waals surface area contributed by atoms with Crippen molar-refractivity contribution < 1.29 is 9.53 Å². The highest BCUT2D eigenvalue weighted by molar-refractivity contribution is 5.80. The van der Waals surface area contributed by atoms with Crippen molar-refractivity contribution in [1.29, 1.82) is 0 Å². The maximum atomic E-state index is 11.7. The van der Waals surface area contributed by atoms with Gasteiger partial charge in [-0.05, 0) is 31.0 Å². The number of ether oxygens (including phenoxy) is 1. The average Bonchev–Trinajstić information content (AvgIpc) is 2.43. The van der Waals surface area contributed by atoms with Crippen molar-refractivity contribution >= 4 is 5.91 Å². The maximum Gasteiger partial charge on any atom is 0.260 e. The van der Waals surface area contributed by atoms with Crippen molar-refractivity contribution in [3.05, 3.63) is 29.8 Å². The summed E-state index contributed by atoms with van der Waals surface area (Å²) in [5.41, 5.74) is 1.20. The molecule has 0 aliphatic carbocycles. The van der Waals surface area contributed by atoms with Crippen LogP contribution in [0.15, 0.2) is 24.3 Å². The minimum atomic E-state index is -0.471. The molecule has 0 saturated heterocycles. The number of hydrogen-bond donors (Lipinski definition) is 2. The fourth-order valence-corrected chi connectivity index (χ4v) is 1.66. The zero-order valence-electron chi connectivity index (χ0n) is 12.9. The zero-order chi connectivity index (χ0) is 15.0. The first kappa shape index (κ1) is 16.5. The molecule has 0 bridgehead atoms. The molecule has 0 heterocycles. The van der Waals surface area contributed by atoms with E-state index >= 15 is 0 Å². The molecule has 20 heavy (non-hydrogen) atoms. The Hall–Kier alpha value is -1.55. The molecule has 0 fully saturated rings. The van der Waals surface area contributed by atoms with Crippen LogP contribution in [0.5, 0.6) is 5.75 Å². The molecule has 1 unspecified atom stereocenters. The maximum absolute atomic E-state index is 11.7. The van der Waals surface area contributed by atoms with Gasteiger partial charge >= 0.3 is 0 Å². The highest BCUT2D eigenvalue weighted by atomic mass is 16.5. The Kier molecular flexibility index (Phi) is 7.09. The largest absolute Gasteiger partial charge is 0.481 e. The second-order valence-electron chi connectivity index (χ2n) is 5.23. The van der Waals surface area contributed by atoms with E-state index in [0.29, 0.717) is 12.6 Å². The second kappa shape index (κ2) is 8.59. The molecule has 4 heteroatoms. The van der Waals surface area contributed by atoms with Gasteiger partial charge in [-0.1, -0.05) is 32.9 Å². The fraction of sp³-hybridized carbons (Fsp3) is 0.562. The minimum absolute atomic E-state index is 0.0719. The lowest BCUT2D eigenvalue weighted by molar-refractivity contribution is -0.127. The van der Waals surface area contributed by atoms with E-state index < -0.39 is 6.10 Å². The summed E-state index contributed by atoms with van der Waals surface area (Å²) in [4.78, 5) is 11.7. The molecule has 1 atom stereocenters. The summed E-state index contributed by atoms with van der Waals surface area (Å²) in [6.45, 7) is 9.55. The molecule has 0 radical (unpaired) electrons. The van der Waals surface area contributed by atoms with Crippen LogP contribution in [-0.2, 0) is 11.3 Å². The summed E-state index contributed by atoms with van der Waals surface area (Å²) >= 11 is 0. The third-order valence-corrected chi connectivity index (χ3v) is 2.87. The number of amides is 1. The predicted octanol–water partition coefficient (Wildman–Crippen LogP) is 2.48. The van der Waals surface area contributed by atoms with E-state index in [1.165, 1.54) is 5.56 Å². The van der Waals surface area contributed by atoms with E-state index in [1.54, 1.807) is 6.92 Å². The van der Waals surface area contributed by atoms with Crippen molar-refractivity contribution in [2.45, 2.75) is 52.8 Å². The first-order valence-corrected chi connectivity index (χ1v) is 7.29. The van der Waals surface area contributed by atoms with Crippen LogP contribution in [0.3, 0.4) is 0 Å². The molecule has 2 N–H and O–H groups in total. The molecule has 4 nitrogen and oxygen atoms in total. The summed E-state index contributed by atoms with van der Waals surface area (Å²) in [5, 5.41) is 6.18. The Morgan fingerprint density at radius 3 is 2.40 bits per heavy atom. The standard InChI is InChI=1S/C16H26N2O2/c1-5-10-17-16(19)13(4)20-15-8-6-14(7-9-15)11-18-12(2)3/h6-9,12-13,18H,5,10-11H2,1-4H3,(H,17,19). The number of rotatable bonds is 8. The van der Waals surface area contributed by atoms with Crippen LogP contribution in [-0.4, -0.2) is 24.6 Å². The van der Waals surface area contributed by atoms with Gasteiger partial charge in [-0.15, -0.1) is 0 Å². The van der Waals surface area contributed by atoms with Crippen molar-refractivity contribution in [1.82, 2.24) is 10.6 Å². The van der Waals surface area contributed by atoms with Crippen molar-refractivity contribution in [2.24, 2.45) is 0 Å².